The maximum absolute atomic E-state index is 11.0. The molecule has 3 nitrogen and oxygen atoms in total. The number of amides is 1. The van der Waals surface area contributed by atoms with E-state index < -0.39 is 0 Å². The van der Waals surface area contributed by atoms with Crippen molar-refractivity contribution in [3.63, 3.8) is 0 Å². The van der Waals surface area contributed by atoms with Crippen LogP contribution in [0.4, 0.5) is 0 Å². The van der Waals surface area contributed by atoms with E-state index in [0.717, 1.165) is 25.9 Å². The molecule has 0 radical (unpaired) electrons. The minimum Gasteiger partial charge on any atom is -0.369 e. The zero-order valence-corrected chi connectivity index (χ0v) is 10.4. The number of hydrogen-bond acceptors (Lipinski definition) is 4. The largest absolute Gasteiger partial charge is 0.369 e. The molecule has 0 aromatic carbocycles. The van der Waals surface area contributed by atoms with Gasteiger partial charge in [0.15, 0.2) is 0 Å². The molecule has 1 rings (SSSR count). The predicted octanol–water partition coefficient (Wildman–Crippen LogP) is 1.50. The van der Waals surface area contributed by atoms with E-state index >= 15 is 0 Å². The Bertz CT molecular complexity index is 213. The molecule has 0 aliphatic carbocycles. The van der Waals surface area contributed by atoms with Crippen molar-refractivity contribution in [3.05, 3.63) is 0 Å². The van der Waals surface area contributed by atoms with E-state index in [9.17, 15) is 4.79 Å². The molecule has 1 aliphatic rings. The smallest absolute Gasteiger partial charge is 0.220 e. The van der Waals surface area contributed by atoms with Gasteiger partial charge in [0.05, 0.1) is 4.87 Å². The fraction of sp³-hybridized carbons (Fsp3) is 0.889. The molecular weight excluding hydrogens is 216 g/mol. The summed E-state index contributed by atoms with van der Waals surface area (Å²) in [7, 11) is 1.55. The third-order valence-electron chi connectivity index (χ3n) is 2.88. The summed E-state index contributed by atoms with van der Waals surface area (Å²) in [6.07, 6.45) is 1.76. The average Bonchev–Trinajstić information content (AvgIpc) is 2.18. The Morgan fingerprint density at radius 2 is 2.00 bits per heavy atom. The van der Waals surface area contributed by atoms with Gasteiger partial charge in [0.1, 0.15) is 0 Å². The third kappa shape index (κ3) is 2.81. The van der Waals surface area contributed by atoms with E-state index in [2.05, 4.69) is 30.4 Å². The molecule has 0 spiro atoms. The lowest BCUT2D eigenvalue weighted by Gasteiger charge is -2.40. The van der Waals surface area contributed by atoms with Crippen LogP contribution in [0.5, 0.6) is 0 Å². The summed E-state index contributed by atoms with van der Waals surface area (Å²) in [5, 5.41) is 0. The first-order chi connectivity index (χ1) is 6.47. The molecule has 82 valence electrons. The average molecular weight is 234 g/mol. The van der Waals surface area contributed by atoms with Gasteiger partial charge in [0.25, 0.3) is 0 Å². The molecule has 1 saturated heterocycles. The molecule has 1 fully saturated rings. The molecule has 0 unspecified atom stereocenters. The molecule has 0 aromatic rings. The van der Waals surface area contributed by atoms with Crippen LogP contribution in [0.15, 0.2) is 0 Å². The van der Waals surface area contributed by atoms with Crippen LogP contribution in [0.3, 0.4) is 0 Å². The molecule has 0 atom stereocenters. The molecule has 5 heteroatoms. The summed E-state index contributed by atoms with van der Waals surface area (Å²) in [4.78, 5) is 13.4. The molecule has 1 heterocycles. The molecule has 0 saturated carbocycles. The Hall–Kier alpha value is 0.130. The van der Waals surface area contributed by atoms with E-state index in [1.54, 1.807) is 10.8 Å². The first-order valence-corrected chi connectivity index (χ1v) is 6.71. The van der Waals surface area contributed by atoms with E-state index in [-0.39, 0.29) is 16.7 Å². The number of piperidine rings is 1. The minimum atomic E-state index is -0.152. The van der Waals surface area contributed by atoms with Gasteiger partial charge in [-0.25, -0.2) is 0 Å². The highest BCUT2D eigenvalue weighted by Gasteiger charge is 2.31. The highest BCUT2D eigenvalue weighted by Crippen LogP contribution is 2.34. The Balaban J connectivity index is 2.47. The first kappa shape index (κ1) is 12.2. The molecule has 1 aliphatic heterocycles. The standard InChI is InChI=1S/C9H18N2OS2/c1-9(2,14-13)11-5-3-7(4-6-11)8(10)12/h7,13H,3-6H2,1-2H3,(H2,10,12). The number of thiol groups is 1. The lowest BCUT2D eigenvalue weighted by molar-refractivity contribution is -0.123. The van der Waals surface area contributed by atoms with E-state index in [1.165, 1.54) is 0 Å². The summed E-state index contributed by atoms with van der Waals surface area (Å²) >= 11 is 4.26. The van der Waals surface area contributed by atoms with Gasteiger partial charge in [-0.15, -0.1) is 11.7 Å². The molecule has 2 N–H and O–H groups in total. The van der Waals surface area contributed by atoms with Gasteiger partial charge in [0.2, 0.25) is 5.91 Å². The van der Waals surface area contributed by atoms with Crippen LogP contribution in [-0.2, 0) is 4.79 Å². The lowest BCUT2D eigenvalue weighted by atomic mass is 9.95. The Morgan fingerprint density at radius 3 is 2.36 bits per heavy atom. The second-order valence-electron chi connectivity index (χ2n) is 4.20. The molecule has 0 aromatic heterocycles. The first-order valence-electron chi connectivity index (χ1n) is 4.84. The molecule has 14 heavy (non-hydrogen) atoms. The number of primary amides is 1. The van der Waals surface area contributed by atoms with Crippen molar-refractivity contribution in [2.75, 3.05) is 13.1 Å². The lowest BCUT2D eigenvalue weighted by Crippen LogP contribution is -2.47. The van der Waals surface area contributed by atoms with E-state index in [1.807, 2.05) is 0 Å². The van der Waals surface area contributed by atoms with Crippen LogP contribution in [0.25, 0.3) is 0 Å². The summed E-state index contributed by atoms with van der Waals surface area (Å²) < 4.78 is 0. The van der Waals surface area contributed by atoms with Crippen LogP contribution in [0, 0.1) is 5.92 Å². The summed E-state index contributed by atoms with van der Waals surface area (Å²) in [6, 6.07) is 0. The van der Waals surface area contributed by atoms with Crippen LogP contribution >= 0.6 is 22.5 Å². The van der Waals surface area contributed by atoms with E-state index in [4.69, 9.17) is 5.73 Å². The third-order valence-corrected chi connectivity index (χ3v) is 4.93. The summed E-state index contributed by atoms with van der Waals surface area (Å²) in [6.45, 7) is 6.17. The number of nitrogens with zero attached hydrogens (tertiary/aromatic N) is 1. The van der Waals surface area contributed by atoms with Crippen molar-refractivity contribution >= 4 is 28.4 Å². The van der Waals surface area contributed by atoms with Crippen LogP contribution in [0.2, 0.25) is 0 Å². The quantitative estimate of drug-likeness (QED) is 0.574. The zero-order valence-electron chi connectivity index (χ0n) is 8.69. The highest BCUT2D eigenvalue weighted by molar-refractivity contribution is 8.69. The van der Waals surface area contributed by atoms with Gasteiger partial charge < -0.3 is 5.73 Å². The topological polar surface area (TPSA) is 46.3 Å². The van der Waals surface area contributed by atoms with Gasteiger partial charge in [-0.05, 0) is 26.7 Å². The monoisotopic (exact) mass is 234 g/mol. The predicted molar refractivity (Wildman–Crippen MR) is 64.1 cm³/mol. The minimum absolute atomic E-state index is 0.0473. The number of carbonyl (C=O) groups excluding carboxylic acids is 1. The fourth-order valence-electron chi connectivity index (χ4n) is 1.76. The number of likely N-dealkylation sites (tertiary alicyclic amines) is 1. The second kappa shape index (κ2) is 4.77. The van der Waals surface area contributed by atoms with Gasteiger partial charge >= 0.3 is 0 Å². The number of carbonyl (C=O) groups is 1. The molecule has 1 amide bonds. The zero-order chi connectivity index (χ0) is 10.8. The normalized spacial score (nSPS) is 21.1. The Labute approximate surface area is 94.6 Å². The van der Waals surface area contributed by atoms with Gasteiger partial charge in [0, 0.05) is 19.0 Å². The van der Waals surface area contributed by atoms with Crippen LogP contribution in [0.1, 0.15) is 26.7 Å². The van der Waals surface area contributed by atoms with Crippen molar-refractivity contribution in [1.82, 2.24) is 4.90 Å². The number of nitrogens with two attached hydrogens (primary N) is 1. The SMILES string of the molecule is CC(C)(SS)N1CCC(C(N)=O)CC1. The maximum atomic E-state index is 11.0. The number of hydrogen-bond donors (Lipinski definition) is 2. The maximum Gasteiger partial charge on any atom is 0.220 e. The van der Waals surface area contributed by atoms with E-state index in [0.29, 0.717) is 0 Å². The van der Waals surface area contributed by atoms with Gasteiger partial charge in [-0.3, -0.25) is 9.69 Å². The van der Waals surface area contributed by atoms with Gasteiger partial charge in [-0.2, -0.15) is 0 Å². The highest BCUT2D eigenvalue weighted by atomic mass is 33.1. The van der Waals surface area contributed by atoms with Crippen LogP contribution in [-0.4, -0.2) is 28.8 Å². The van der Waals surface area contributed by atoms with Crippen molar-refractivity contribution < 1.29 is 4.79 Å². The van der Waals surface area contributed by atoms with Crippen molar-refractivity contribution in [2.24, 2.45) is 11.7 Å². The summed E-state index contributed by atoms with van der Waals surface area (Å²) in [5.74, 6) is -0.0760. The second-order valence-corrected chi connectivity index (χ2v) is 5.93. The Morgan fingerprint density at radius 1 is 1.50 bits per heavy atom. The Kier molecular flexibility index (Phi) is 4.15. The molecule has 0 bridgehead atoms. The van der Waals surface area contributed by atoms with Crippen molar-refractivity contribution in [2.45, 2.75) is 31.6 Å². The van der Waals surface area contributed by atoms with Gasteiger partial charge in [-0.1, -0.05) is 10.8 Å². The number of rotatable bonds is 3. The van der Waals surface area contributed by atoms with Crippen LogP contribution < -0.4 is 5.73 Å². The van der Waals surface area contributed by atoms with Crippen molar-refractivity contribution in [3.8, 4) is 0 Å². The van der Waals surface area contributed by atoms with Crippen molar-refractivity contribution in [1.29, 1.82) is 0 Å². The fourth-order valence-corrected chi connectivity index (χ4v) is 2.40. The summed E-state index contributed by atoms with van der Waals surface area (Å²) in [5.41, 5.74) is 5.28. The molecular formula is C9H18N2OS2.